The van der Waals surface area contributed by atoms with E-state index in [1.54, 1.807) is 30.3 Å². The quantitative estimate of drug-likeness (QED) is 0.671. The molecule has 21 heavy (non-hydrogen) atoms. The van der Waals surface area contributed by atoms with Crippen LogP contribution in [0.1, 0.15) is 37.8 Å². The van der Waals surface area contributed by atoms with Gasteiger partial charge in [-0.25, -0.2) is 4.79 Å². The molecular formula is C15H20N2O4. The van der Waals surface area contributed by atoms with E-state index in [1.807, 2.05) is 6.92 Å². The second-order valence-electron chi connectivity index (χ2n) is 4.56. The Bertz CT molecular complexity index is 488. The Morgan fingerprint density at radius 2 is 1.71 bits per heavy atom. The van der Waals surface area contributed by atoms with Gasteiger partial charge >= 0.3 is 5.97 Å². The summed E-state index contributed by atoms with van der Waals surface area (Å²) in [6, 6.07) is 7.43. The van der Waals surface area contributed by atoms with Crippen LogP contribution in [-0.2, 0) is 14.4 Å². The lowest BCUT2D eigenvalue weighted by Gasteiger charge is -2.14. The van der Waals surface area contributed by atoms with E-state index in [1.165, 1.54) is 0 Å². The van der Waals surface area contributed by atoms with Crippen molar-refractivity contribution in [2.24, 2.45) is 0 Å². The van der Waals surface area contributed by atoms with Crippen molar-refractivity contribution in [3.05, 3.63) is 35.9 Å². The van der Waals surface area contributed by atoms with Gasteiger partial charge in [0, 0.05) is 19.4 Å². The van der Waals surface area contributed by atoms with Crippen LogP contribution in [0.15, 0.2) is 30.3 Å². The van der Waals surface area contributed by atoms with Crippen molar-refractivity contribution in [3.8, 4) is 0 Å². The molecule has 0 heterocycles. The monoisotopic (exact) mass is 292 g/mol. The van der Waals surface area contributed by atoms with E-state index in [9.17, 15) is 19.5 Å². The van der Waals surface area contributed by atoms with E-state index in [4.69, 9.17) is 0 Å². The Hall–Kier alpha value is -2.37. The Morgan fingerprint density at radius 1 is 1.10 bits per heavy atom. The standard InChI is InChI=1S/C15H20N2O4/c1-2-16-12(18)9-6-10-13(19)17-14(15(20)21)11-7-4-3-5-8-11/h3-5,7-8,14H,2,6,9-10H2,1H3,(H,16,18)(H,17,19)(H,20,21). The van der Waals surface area contributed by atoms with E-state index in [-0.39, 0.29) is 24.7 Å². The number of benzene rings is 1. The summed E-state index contributed by atoms with van der Waals surface area (Å²) in [6.07, 6.45) is 0.761. The number of carbonyl (C=O) groups excluding carboxylic acids is 2. The van der Waals surface area contributed by atoms with Gasteiger partial charge in [0.15, 0.2) is 6.04 Å². The molecule has 1 aromatic carbocycles. The highest BCUT2D eigenvalue weighted by Gasteiger charge is 2.21. The number of carbonyl (C=O) groups is 3. The molecule has 0 radical (unpaired) electrons. The number of hydrogen-bond donors (Lipinski definition) is 3. The number of carboxylic acid groups (broad SMARTS) is 1. The number of hydrogen-bond acceptors (Lipinski definition) is 3. The predicted octanol–water partition coefficient (Wildman–Crippen LogP) is 1.23. The van der Waals surface area contributed by atoms with Crippen LogP contribution in [0, 0.1) is 0 Å². The second-order valence-corrected chi connectivity index (χ2v) is 4.56. The summed E-state index contributed by atoms with van der Waals surface area (Å²) in [5.74, 6) is -1.60. The van der Waals surface area contributed by atoms with Crippen LogP contribution in [0.4, 0.5) is 0 Å². The van der Waals surface area contributed by atoms with E-state index >= 15 is 0 Å². The normalized spacial score (nSPS) is 11.5. The molecule has 0 fully saturated rings. The summed E-state index contributed by atoms with van der Waals surface area (Å²) >= 11 is 0. The van der Waals surface area contributed by atoms with Crippen molar-refractivity contribution in [1.29, 1.82) is 0 Å². The van der Waals surface area contributed by atoms with Gasteiger partial charge in [0.25, 0.3) is 0 Å². The maximum atomic E-state index is 11.8. The summed E-state index contributed by atoms with van der Waals surface area (Å²) in [4.78, 5) is 34.2. The number of aliphatic carboxylic acids is 1. The Morgan fingerprint density at radius 3 is 2.29 bits per heavy atom. The topological polar surface area (TPSA) is 95.5 Å². The van der Waals surface area contributed by atoms with Crippen LogP contribution in [0.2, 0.25) is 0 Å². The largest absolute Gasteiger partial charge is 0.479 e. The average molecular weight is 292 g/mol. The van der Waals surface area contributed by atoms with Crippen molar-refractivity contribution in [2.45, 2.75) is 32.2 Å². The van der Waals surface area contributed by atoms with Gasteiger partial charge in [0.1, 0.15) is 0 Å². The van der Waals surface area contributed by atoms with Crippen molar-refractivity contribution in [2.75, 3.05) is 6.54 Å². The summed E-state index contributed by atoms with van der Waals surface area (Å²) < 4.78 is 0. The summed E-state index contributed by atoms with van der Waals surface area (Å²) in [7, 11) is 0. The molecule has 3 N–H and O–H groups in total. The van der Waals surface area contributed by atoms with Gasteiger partial charge in [0.2, 0.25) is 11.8 Å². The van der Waals surface area contributed by atoms with E-state index in [0.717, 1.165) is 0 Å². The Balaban J connectivity index is 2.47. The Labute approximate surface area is 123 Å². The molecule has 0 aromatic heterocycles. The van der Waals surface area contributed by atoms with Gasteiger partial charge in [-0.1, -0.05) is 30.3 Å². The third-order valence-corrected chi connectivity index (χ3v) is 2.87. The minimum absolute atomic E-state index is 0.108. The summed E-state index contributed by atoms with van der Waals surface area (Å²) in [6.45, 7) is 2.38. The molecule has 6 nitrogen and oxygen atoms in total. The van der Waals surface area contributed by atoms with E-state index in [2.05, 4.69) is 10.6 Å². The summed E-state index contributed by atoms with van der Waals surface area (Å²) in [5, 5.41) is 14.3. The van der Waals surface area contributed by atoms with Crippen LogP contribution in [0.25, 0.3) is 0 Å². The Kier molecular flexibility index (Phi) is 6.94. The number of nitrogens with one attached hydrogen (secondary N) is 2. The fourth-order valence-corrected chi connectivity index (χ4v) is 1.86. The minimum Gasteiger partial charge on any atom is -0.479 e. The zero-order valence-electron chi connectivity index (χ0n) is 12.0. The van der Waals surface area contributed by atoms with Crippen molar-refractivity contribution in [3.63, 3.8) is 0 Å². The van der Waals surface area contributed by atoms with Gasteiger partial charge in [-0.3, -0.25) is 9.59 Å². The molecule has 0 spiro atoms. The first-order chi connectivity index (χ1) is 10.0. The first-order valence-electron chi connectivity index (χ1n) is 6.88. The van der Waals surface area contributed by atoms with Gasteiger partial charge in [-0.05, 0) is 18.9 Å². The molecule has 1 unspecified atom stereocenters. The highest BCUT2D eigenvalue weighted by molar-refractivity contribution is 5.85. The molecule has 1 atom stereocenters. The molecule has 0 aliphatic heterocycles. The fourth-order valence-electron chi connectivity index (χ4n) is 1.86. The van der Waals surface area contributed by atoms with E-state index in [0.29, 0.717) is 18.5 Å². The smallest absolute Gasteiger partial charge is 0.330 e. The van der Waals surface area contributed by atoms with Crippen LogP contribution < -0.4 is 10.6 Å². The average Bonchev–Trinajstić information content (AvgIpc) is 2.45. The van der Waals surface area contributed by atoms with Gasteiger partial charge in [0.05, 0.1) is 0 Å². The van der Waals surface area contributed by atoms with Crippen LogP contribution >= 0.6 is 0 Å². The fraction of sp³-hybridized carbons (Fsp3) is 0.400. The van der Waals surface area contributed by atoms with Gasteiger partial charge < -0.3 is 15.7 Å². The molecule has 0 aliphatic carbocycles. The number of amides is 2. The molecule has 0 saturated heterocycles. The number of carboxylic acids is 1. The van der Waals surface area contributed by atoms with Crippen LogP contribution in [0.3, 0.4) is 0 Å². The predicted molar refractivity (Wildman–Crippen MR) is 77.5 cm³/mol. The van der Waals surface area contributed by atoms with Crippen molar-refractivity contribution >= 4 is 17.8 Å². The van der Waals surface area contributed by atoms with Gasteiger partial charge in [-0.2, -0.15) is 0 Å². The lowest BCUT2D eigenvalue weighted by molar-refractivity contribution is -0.142. The van der Waals surface area contributed by atoms with Gasteiger partial charge in [-0.15, -0.1) is 0 Å². The lowest BCUT2D eigenvalue weighted by Crippen LogP contribution is -2.33. The first-order valence-corrected chi connectivity index (χ1v) is 6.88. The molecule has 0 bridgehead atoms. The highest BCUT2D eigenvalue weighted by atomic mass is 16.4. The minimum atomic E-state index is -1.11. The molecule has 2 amide bonds. The molecule has 0 aliphatic rings. The zero-order valence-corrected chi connectivity index (χ0v) is 12.0. The van der Waals surface area contributed by atoms with Crippen molar-refractivity contribution in [1.82, 2.24) is 10.6 Å². The highest BCUT2D eigenvalue weighted by Crippen LogP contribution is 2.13. The SMILES string of the molecule is CCNC(=O)CCCC(=O)NC(C(=O)O)c1ccccc1. The maximum absolute atomic E-state index is 11.8. The van der Waals surface area contributed by atoms with Crippen LogP contribution in [-0.4, -0.2) is 29.4 Å². The molecule has 114 valence electrons. The lowest BCUT2D eigenvalue weighted by atomic mass is 10.1. The third kappa shape index (κ3) is 6.07. The van der Waals surface area contributed by atoms with E-state index < -0.39 is 12.0 Å². The number of rotatable bonds is 8. The molecule has 0 saturated carbocycles. The zero-order chi connectivity index (χ0) is 15.7. The maximum Gasteiger partial charge on any atom is 0.330 e. The van der Waals surface area contributed by atoms with Crippen LogP contribution in [0.5, 0.6) is 0 Å². The first kappa shape index (κ1) is 16.7. The molecule has 1 rings (SSSR count). The molecule has 1 aromatic rings. The third-order valence-electron chi connectivity index (χ3n) is 2.87. The summed E-state index contributed by atoms with van der Waals surface area (Å²) in [5.41, 5.74) is 0.516. The molecular weight excluding hydrogens is 272 g/mol. The van der Waals surface area contributed by atoms with Crippen molar-refractivity contribution < 1.29 is 19.5 Å². The second kappa shape index (κ2) is 8.73. The molecule has 6 heteroatoms.